The first-order valence-electron chi connectivity index (χ1n) is 7.77. The van der Waals surface area contributed by atoms with Crippen LogP contribution in [-0.2, 0) is 12.8 Å². The molecular formula is C17H16Cl2N4O. The van der Waals surface area contributed by atoms with Crippen LogP contribution in [0.25, 0.3) is 10.9 Å². The van der Waals surface area contributed by atoms with Crippen LogP contribution >= 0.6 is 23.2 Å². The fraction of sp³-hybridized carbons (Fsp3) is 0.294. The fourth-order valence-electron chi connectivity index (χ4n) is 3.36. The Morgan fingerprint density at radius 3 is 2.92 bits per heavy atom. The summed E-state index contributed by atoms with van der Waals surface area (Å²) in [4.78, 5) is 11.7. The van der Waals surface area contributed by atoms with Gasteiger partial charge in [0.15, 0.2) is 16.7 Å². The molecule has 0 radical (unpaired) electrons. The number of aromatic nitrogens is 3. The van der Waals surface area contributed by atoms with Crippen molar-refractivity contribution in [1.29, 1.82) is 0 Å². The molecule has 2 heterocycles. The van der Waals surface area contributed by atoms with Crippen molar-refractivity contribution in [1.82, 2.24) is 15.0 Å². The van der Waals surface area contributed by atoms with Crippen LogP contribution in [0.15, 0.2) is 24.3 Å². The maximum Gasteiger partial charge on any atom is 0.226 e. The van der Waals surface area contributed by atoms with Crippen LogP contribution in [0.1, 0.15) is 17.7 Å². The van der Waals surface area contributed by atoms with E-state index in [1.54, 1.807) is 7.11 Å². The monoisotopic (exact) mass is 362 g/mol. The van der Waals surface area contributed by atoms with E-state index in [0.29, 0.717) is 11.6 Å². The number of nitrogens with zero attached hydrogens (tertiary/aromatic N) is 2. The van der Waals surface area contributed by atoms with E-state index in [4.69, 9.17) is 27.9 Å². The zero-order valence-corrected chi connectivity index (χ0v) is 14.6. The molecule has 124 valence electrons. The molecule has 0 aliphatic heterocycles. The first-order chi connectivity index (χ1) is 11.7. The molecule has 0 saturated heterocycles. The van der Waals surface area contributed by atoms with Crippen LogP contribution in [0.5, 0.6) is 5.75 Å². The number of halogens is 2. The highest BCUT2D eigenvalue weighted by Gasteiger charge is 2.24. The minimum atomic E-state index is 0.104. The molecule has 1 aromatic carbocycles. The predicted molar refractivity (Wildman–Crippen MR) is 96.3 cm³/mol. The molecule has 7 heteroatoms. The molecule has 2 aromatic heterocycles. The van der Waals surface area contributed by atoms with Crippen molar-refractivity contribution >= 4 is 39.9 Å². The van der Waals surface area contributed by atoms with Gasteiger partial charge in [-0.1, -0.05) is 29.8 Å². The Morgan fingerprint density at radius 1 is 1.25 bits per heavy atom. The standard InChI is InChI=1S/C17H16Cl2N4O/c1-24-14-15(18)22-17(19)23-16(14)20-9-6-7-13-11(8-9)10-4-2-3-5-12(10)21-13/h2-5,9,21H,6-8H2,1H3,(H,20,22,23). The van der Waals surface area contributed by atoms with E-state index in [0.717, 1.165) is 19.3 Å². The number of anilines is 1. The predicted octanol–water partition coefficient (Wildman–Crippen LogP) is 4.24. The van der Waals surface area contributed by atoms with Crippen molar-refractivity contribution in [2.24, 2.45) is 0 Å². The number of ether oxygens (including phenoxy) is 1. The molecular weight excluding hydrogens is 347 g/mol. The number of para-hydroxylation sites is 1. The van der Waals surface area contributed by atoms with Crippen LogP contribution in [-0.4, -0.2) is 28.1 Å². The summed E-state index contributed by atoms with van der Waals surface area (Å²) in [6.07, 6.45) is 2.88. The number of nitrogens with one attached hydrogen (secondary N) is 2. The number of H-pyrrole nitrogens is 1. The van der Waals surface area contributed by atoms with Gasteiger partial charge < -0.3 is 15.0 Å². The number of aryl methyl sites for hydroxylation is 1. The molecule has 1 aliphatic carbocycles. The van der Waals surface area contributed by atoms with Crippen LogP contribution in [0.3, 0.4) is 0 Å². The van der Waals surface area contributed by atoms with E-state index in [1.165, 1.54) is 22.2 Å². The van der Waals surface area contributed by atoms with E-state index in [9.17, 15) is 0 Å². The highest BCUT2D eigenvalue weighted by molar-refractivity contribution is 6.33. The first kappa shape index (κ1) is 15.5. The van der Waals surface area contributed by atoms with Gasteiger partial charge in [0, 0.05) is 22.6 Å². The van der Waals surface area contributed by atoms with Crippen molar-refractivity contribution in [3.63, 3.8) is 0 Å². The van der Waals surface area contributed by atoms with Gasteiger partial charge in [-0.25, -0.2) is 4.98 Å². The zero-order valence-electron chi connectivity index (χ0n) is 13.1. The van der Waals surface area contributed by atoms with E-state index in [-0.39, 0.29) is 16.5 Å². The average Bonchev–Trinajstić information content (AvgIpc) is 2.93. The number of hydrogen-bond donors (Lipinski definition) is 2. The second-order valence-corrected chi connectivity index (χ2v) is 6.57. The van der Waals surface area contributed by atoms with Crippen LogP contribution in [0, 0.1) is 0 Å². The minimum absolute atomic E-state index is 0.104. The zero-order chi connectivity index (χ0) is 16.7. The molecule has 1 atom stereocenters. The molecule has 0 fully saturated rings. The van der Waals surface area contributed by atoms with Crippen LogP contribution in [0.4, 0.5) is 5.82 Å². The summed E-state index contributed by atoms with van der Waals surface area (Å²) in [6.45, 7) is 0. The summed E-state index contributed by atoms with van der Waals surface area (Å²) in [7, 11) is 1.54. The lowest BCUT2D eigenvalue weighted by atomic mass is 9.91. The Bertz CT molecular complexity index is 909. The molecule has 1 aliphatic rings. The Hall–Kier alpha value is -1.98. The van der Waals surface area contributed by atoms with Gasteiger partial charge in [0.05, 0.1) is 7.11 Å². The molecule has 0 amide bonds. The highest BCUT2D eigenvalue weighted by Crippen LogP contribution is 2.34. The Kier molecular flexibility index (Phi) is 3.98. The molecule has 3 aromatic rings. The van der Waals surface area contributed by atoms with Gasteiger partial charge in [0.2, 0.25) is 5.28 Å². The van der Waals surface area contributed by atoms with Gasteiger partial charge in [-0.05, 0) is 42.5 Å². The second kappa shape index (κ2) is 6.15. The molecule has 1 unspecified atom stereocenters. The van der Waals surface area contributed by atoms with Gasteiger partial charge in [-0.15, -0.1) is 0 Å². The van der Waals surface area contributed by atoms with Crippen molar-refractivity contribution in [2.45, 2.75) is 25.3 Å². The molecule has 4 rings (SSSR count). The molecule has 2 N–H and O–H groups in total. The number of fused-ring (bicyclic) bond motifs is 3. The minimum Gasteiger partial charge on any atom is -0.490 e. The largest absolute Gasteiger partial charge is 0.490 e. The third kappa shape index (κ3) is 2.68. The quantitative estimate of drug-likeness (QED) is 0.540. The van der Waals surface area contributed by atoms with E-state index >= 15 is 0 Å². The molecule has 0 bridgehead atoms. The second-order valence-electron chi connectivity index (χ2n) is 5.88. The maximum absolute atomic E-state index is 6.09. The van der Waals surface area contributed by atoms with Crippen molar-refractivity contribution in [3.05, 3.63) is 46.0 Å². The number of aromatic amines is 1. The Labute approximate surface area is 149 Å². The summed E-state index contributed by atoms with van der Waals surface area (Å²) in [5.74, 6) is 0.960. The number of methoxy groups -OCH3 is 1. The average molecular weight is 363 g/mol. The number of hydrogen-bond acceptors (Lipinski definition) is 4. The van der Waals surface area contributed by atoms with Gasteiger partial charge in [0.25, 0.3) is 0 Å². The van der Waals surface area contributed by atoms with Gasteiger partial charge in [-0.2, -0.15) is 4.98 Å². The maximum atomic E-state index is 6.09. The third-order valence-corrected chi connectivity index (χ3v) is 4.86. The van der Waals surface area contributed by atoms with E-state index in [1.807, 2.05) is 0 Å². The molecule has 24 heavy (non-hydrogen) atoms. The fourth-order valence-corrected chi connectivity index (χ4v) is 3.82. The SMILES string of the molecule is COc1c(Cl)nc(Cl)nc1NC1CCc2[nH]c3ccccc3c2C1. The normalized spacial score (nSPS) is 16.9. The molecule has 5 nitrogen and oxygen atoms in total. The van der Waals surface area contributed by atoms with Gasteiger partial charge >= 0.3 is 0 Å². The Balaban J connectivity index is 1.64. The molecule has 0 saturated carbocycles. The summed E-state index contributed by atoms with van der Waals surface area (Å²) in [5, 5.41) is 5.02. The van der Waals surface area contributed by atoms with E-state index < -0.39 is 0 Å². The van der Waals surface area contributed by atoms with Gasteiger partial charge in [-0.3, -0.25) is 0 Å². The molecule has 0 spiro atoms. The summed E-state index contributed by atoms with van der Waals surface area (Å²) in [5.41, 5.74) is 3.87. The summed E-state index contributed by atoms with van der Waals surface area (Å²) < 4.78 is 5.31. The lowest BCUT2D eigenvalue weighted by Gasteiger charge is -2.25. The third-order valence-electron chi connectivity index (χ3n) is 4.44. The number of benzene rings is 1. The van der Waals surface area contributed by atoms with Crippen molar-refractivity contribution in [3.8, 4) is 5.75 Å². The Morgan fingerprint density at radius 2 is 2.08 bits per heavy atom. The summed E-state index contributed by atoms with van der Waals surface area (Å²) >= 11 is 12.0. The van der Waals surface area contributed by atoms with Gasteiger partial charge in [0.1, 0.15) is 0 Å². The smallest absolute Gasteiger partial charge is 0.226 e. The first-order valence-corrected chi connectivity index (χ1v) is 8.53. The highest BCUT2D eigenvalue weighted by atomic mass is 35.5. The summed E-state index contributed by atoms with van der Waals surface area (Å²) in [6, 6.07) is 8.62. The topological polar surface area (TPSA) is 62.8 Å². The van der Waals surface area contributed by atoms with Crippen LogP contribution < -0.4 is 10.1 Å². The van der Waals surface area contributed by atoms with Crippen molar-refractivity contribution < 1.29 is 4.74 Å². The lowest BCUT2D eigenvalue weighted by Crippen LogP contribution is -2.28. The van der Waals surface area contributed by atoms with Crippen LogP contribution in [0.2, 0.25) is 10.4 Å². The van der Waals surface area contributed by atoms with Crippen molar-refractivity contribution in [2.75, 3.05) is 12.4 Å². The van der Waals surface area contributed by atoms with E-state index in [2.05, 4.69) is 44.5 Å². The number of rotatable bonds is 3. The lowest BCUT2D eigenvalue weighted by molar-refractivity contribution is 0.412.